The number of nitrogens with two attached hydrogens (primary N) is 2. The van der Waals surface area contributed by atoms with Crippen molar-refractivity contribution in [1.29, 1.82) is 0 Å². The van der Waals surface area contributed by atoms with E-state index in [0.29, 0.717) is 35.2 Å². The molecule has 0 bridgehead atoms. The number of methoxy groups -OCH3 is 2. The van der Waals surface area contributed by atoms with Gasteiger partial charge in [-0.15, -0.1) is 12.4 Å². The Balaban J connectivity index is 0.00000289. The molecule has 1 aromatic carbocycles. The van der Waals surface area contributed by atoms with Crippen molar-refractivity contribution in [3.8, 4) is 17.3 Å². The first-order chi connectivity index (χ1) is 15.0. The Labute approximate surface area is 194 Å². The van der Waals surface area contributed by atoms with E-state index in [1.165, 1.54) is 0 Å². The van der Waals surface area contributed by atoms with Gasteiger partial charge in [-0.25, -0.2) is 9.97 Å². The maximum Gasteiger partial charge on any atom is 0.252 e. The topological polar surface area (TPSA) is 130 Å². The van der Waals surface area contributed by atoms with Gasteiger partial charge in [-0.05, 0) is 34.5 Å². The standard InChI is InChI=1S/C21H22N6O3S.ClH/c1-29-17-7-14-16(8-18(17)30-2)27(11-24-14)19-4-3-13(20(23)28)21(26-19)25-15(9-22)12-5-6-31-10-12;/h3-8,10-11,15H,9,22H2,1-2H3,(H2,23,28)(H,25,26);1H. The number of amides is 1. The molecule has 0 fully saturated rings. The lowest BCUT2D eigenvalue weighted by molar-refractivity contribution is 0.100. The third kappa shape index (κ3) is 4.33. The molecule has 4 aromatic rings. The number of nitrogens with zero attached hydrogens (tertiary/aromatic N) is 3. The molecule has 9 nitrogen and oxygen atoms in total. The Bertz CT molecular complexity index is 1230. The number of benzene rings is 1. The van der Waals surface area contributed by atoms with Gasteiger partial charge < -0.3 is 26.3 Å². The van der Waals surface area contributed by atoms with Crippen LogP contribution in [-0.2, 0) is 0 Å². The van der Waals surface area contributed by atoms with E-state index in [1.54, 1.807) is 54.6 Å². The molecule has 0 saturated heterocycles. The first kappa shape index (κ1) is 23.3. The van der Waals surface area contributed by atoms with Crippen molar-refractivity contribution in [3.63, 3.8) is 0 Å². The normalized spacial score (nSPS) is 11.6. The lowest BCUT2D eigenvalue weighted by atomic mass is 10.1. The van der Waals surface area contributed by atoms with Crippen LogP contribution in [0.25, 0.3) is 16.9 Å². The van der Waals surface area contributed by atoms with Gasteiger partial charge >= 0.3 is 0 Å². The number of rotatable bonds is 8. The van der Waals surface area contributed by atoms with Gasteiger partial charge in [0.2, 0.25) is 0 Å². The first-order valence-electron chi connectivity index (χ1n) is 9.44. The van der Waals surface area contributed by atoms with Crippen LogP contribution < -0.4 is 26.3 Å². The molecule has 0 aliphatic heterocycles. The molecule has 0 saturated carbocycles. The summed E-state index contributed by atoms with van der Waals surface area (Å²) < 4.78 is 12.6. The van der Waals surface area contributed by atoms with Crippen LogP contribution in [0.3, 0.4) is 0 Å². The second kappa shape index (κ2) is 9.86. The second-order valence-electron chi connectivity index (χ2n) is 6.73. The van der Waals surface area contributed by atoms with Crippen molar-refractivity contribution in [3.05, 3.63) is 58.5 Å². The molecule has 1 atom stereocenters. The summed E-state index contributed by atoms with van der Waals surface area (Å²) >= 11 is 1.57. The largest absolute Gasteiger partial charge is 0.493 e. The molecule has 11 heteroatoms. The number of fused-ring (bicyclic) bond motifs is 1. The highest BCUT2D eigenvalue weighted by Crippen LogP contribution is 2.33. The summed E-state index contributed by atoms with van der Waals surface area (Å²) in [6, 6.07) is 8.74. The van der Waals surface area contributed by atoms with Crippen LogP contribution >= 0.6 is 23.7 Å². The van der Waals surface area contributed by atoms with Gasteiger partial charge in [0.15, 0.2) is 11.5 Å². The van der Waals surface area contributed by atoms with Crippen molar-refractivity contribution in [2.24, 2.45) is 11.5 Å². The average Bonchev–Trinajstić information content (AvgIpc) is 3.46. The Kier molecular flexibility index (Phi) is 7.18. The van der Waals surface area contributed by atoms with Crippen molar-refractivity contribution in [2.75, 3.05) is 26.1 Å². The van der Waals surface area contributed by atoms with Crippen LogP contribution in [0.5, 0.6) is 11.5 Å². The van der Waals surface area contributed by atoms with Crippen LogP contribution in [0.4, 0.5) is 5.82 Å². The SMILES string of the molecule is COc1cc2ncn(-c3ccc(C(N)=O)c(NC(CN)c4ccsc4)n3)c2cc1OC.Cl. The third-order valence-electron chi connectivity index (χ3n) is 4.94. The molecule has 3 heterocycles. The minimum Gasteiger partial charge on any atom is -0.493 e. The minimum absolute atomic E-state index is 0. The van der Waals surface area contributed by atoms with Crippen LogP contribution in [-0.4, -0.2) is 41.2 Å². The lowest BCUT2D eigenvalue weighted by Gasteiger charge is -2.19. The second-order valence-corrected chi connectivity index (χ2v) is 7.51. The summed E-state index contributed by atoms with van der Waals surface area (Å²) in [5, 5.41) is 7.23. The molecule has 32 heavy (non-hydrogen) atoms. The lowest BCUT2D eigenvalue weighted by Crippen LogP contribution is -2.23. The summed E-state index contributed by atoms with van der Waals surface area (Å²) in [5.74, 6) is 1.49. The molecule has 1 unspecified atom stereocenters. The van der Waals surface area contributed by atoms with Crippen molar-refractivity contribution in [2.45, 2.75) is 6.04 Å². The number of carbonyl (C=O) groups excluding carboxylic acids is 1. The van der Waals surface area contributed by atoms with Crippen LogP contribution in [0.15, 0.2) is 47.4 Å². The summed E-state index contributed by atoms with van der Waals surface area (Å²) in [6.45, 7) is 0.325. The molecular formula is C21H23ClN6O3S. The molecule has 0 radical (unpaired) electrons. The summed E-state index contributed by atoms with van der Waals surface area (Å²) in [4.78, 5) is 21.1. The maximum atomic E-state index is 12.0. The Morgan fingerprint density at radius 2 is 1.97 bits per heavy atom. The number of aromatic nitrogens is 3. The van der Waals surface area contributed by atoms with Crippen LogP contribution in [0.1, 0.15) is 22.0 Å². The smallest absolute Gasteiger partial charge is 0.252 e. The summed E-state index contributed by atoms with van der Waals surface area (Å²) in [5.41, 5.74) is 14.3. The zero-order valence-corrected chi connectivity index (χ0v) is 19.1. The minimum atomic E-state index is -0.579. The van der Waals surface area contributed by atoms with Crippen LogP contribution in [0.2, 0.25) is 0 Å². The molecule has 4 rings (SSSR count). The molecular weight excluding hydrogens is 452 g/mol. The Hall–Kier alpha value is -3.34. The third-order valence-corrected chi connectivity index (χ3v) is 5.64. The average molecular weight is 475 g/mol. The number of carbonyl (C=O) groups is 1. The quantitative estimate of drug-likeness (QED) is 0.357. The van der Waals surface area contributed by atoms with E-state index in [2.05, 4.69) is 15.3 Å². The Morgan fingerprint density at radius 1 is 1.22 bits per heavy atom. The summed E-state index contributed by atoms with van der Waals surface area (Å²) in [6.07, 6.45) is 1.65. The summed E-state index contributed by atoms with van der Waals surface area (Å²) in [7, 11) is 3.15. The number of hydrogen-bond acceptors (Lipinski definition) is 8. The van der Waals surface area contributed by atoms with E-state index in [0.717, 1.165) is 11.1 Å². The first-order valence-corrected chi connectivity index (χ1v) is 10.4. The number of nitrogens with one attached hydrogen (secondary N) is 1. The number of pyridine rings is 1. The number of hydrogen-bond donors (Lipinski definition) is 3. The fourth-order valence-corrected chi connectivity index (χ4v) is 4.04. The molecule has 0 spiro atoms. The van der Waals surface area contributed by atoms with Gasteiger partial charge in [0.25, 0.3) is 5.91 Å². The van der Waals surface area contributed by atoms with Gasteiger partial charge in [0.05, 0.1) is 36.9 Å². The van der Waals surface area contributed by atoms with Crippen molar-refractivity contribution in [1.82, 2.24) is 14.5 Å². The van der Waals surface area contributed by atoms with Crippen molar-refractivity contribution < 1.29 is 14.3 Å². The van der Waals surface area contributed by atoms with E-state index < -0.39 is 5.91 Å². The molecule has 1 amide bonds. The monoisotopic (exact) mass is 474 g/mol. The zero-order chi connectivity index (χ0) is 22.0. The van der Waals surface area contributed by atoms with E-state index in [1.807, 2.05) is 22.9 Å². The highest BCUT2D eigenvalue weighted by molar-refractivity contribution is 7.08. The number of primary amides is 1. The van der Waals surface area contributed by atoms with E-state index in [4.69, 9.17) is 20.9 Å². The van der Waals surface area contributed by atoms with Gasteiger partial charge in [-0.2, -0.15) is 11.3 Å². The number of anilines is 1. The number of thiophene rings is 1. The Morgan fingerprint density at radius 3 is 2.59 bits per heavy atom. The molecule has 5 N–H and O–H groups in total. The molecule has 168 valence electrons. The molecule has 3 aromatic heterocycles. The predicted molar refractivity (Wildman–Crippen MR) is 127 cm³/mol. The number of imidazole rings is 1. The van der Waals surface area contributed by atoms with E-state index >= 15 is 0 Å². The van der Waals surface area contributed by atoms with Crippen molar-refractivity contribution >= 4 is 46.5 Å². The van der Waals surface area contributed by atoms with Crippen LogP contribution in [0, 0.1) is 0 Å². The fraction of sp³-hybridized carbons (Fsp3) is 0.190. The van der Waals surface area contributed by atoms with E-state index in [9.17, 15) is 4.79 Å². The van der Waals surface area contributed by atoms with E-state index in [-0.39, 0.29) is 24.0 Å². The maximum absolute atomic E-state index is 12.0. The van der Waals surface area contributed by atoms with Gasteiger partial charge in [-0.1, -0.05) is 0 Å². The van der Waals surface area contributed by atoms with Gasteiger partial charge in [0.1, 0.15) is 18.0 Å². The molecule has 0 aliphatic carbocycles. The van der Waals surface area contributed by atoms with Gasteiger partial charge in [0, 0.05) is 18.7 Å². The number of halogens is 1. The number of ether oxygens (including phenoxy) is 2. The zero-order valence-electron chi connectivity index (χ0n) is 17.4. The van der Waals surface area contributed by atoms with Gasteiger partial charge in [-0.3, -0.25) is 9.36 Å². The predicted octanol–water partition coefficient (Wildman–Crippen LogP) is 3.13. The highest BCUT2D eigenvalue weighted by Gasteiger charge is 2.18. The highest BCUT2D eigenvalue weighted by atomic mass is 35.5. The fourth-order valence-electron chi connectivity index (χ4n) is 3.33. The molecule has 0 aliphatic rings.